The number of halogens is 2. The second kappa shape index (κ2) is 8.64. The van der Waals surface area contributed by atoms with E-state index >= 15 is 0 Å². The van der Waals surface area contributed by atoms with Gasteiger partial charge in [0.25, 0.3) is 5.91 Å². The molecule has 3 aromatic rings. The van der Waals surface area contributed by atoms with Crippen LogP contribution in [0.25, 0.3) is 0 Å². The van der Waals surface area contributed by atoms with Gasteiger partial charge in [-0.2, -0.15) is 0 Å². The number of hydrogen-bond acceptors (Lipinski definition) is 3. The Kier molecular flexibility index (Phi) is 6.04. The zero-order valence-electron chi connectivity index (χ0n) is 14.7. The van der Waals surface area contributed by atoms with Gasteiger partial charge in [0, 0.05) is 11.2 Å². The van der Waals surface area contributed by atoms with E-state index in [1.165, 1.54) is 29.2 Å². The lowest BCUT2D eigenvalue weighted by molar-refractivity contribution is -0.124. The van der Waals surface area contributed by atoms with Crippen LogP contribution in [-0.4, -0.2) is 17.0 Å². The van der Waals surface area contributed by atoms with Crippen LogP contribution in [0.1, 0.15) is 12.5 Å². The van der Waals surface area contributed by atoms with E-state index < -0.39 is 6.10 Å². The molecule has 0 saturated carbocycles. The maximum absolute atomic E-state index is 13.1. The largest absolute Gasteiger partial charge is 0.481 e. The quantitative estimate of drug-likeness (QED) is 0.608. The van der Waals surface area contributed by atoms with Crippen LogP contribution in [0.3, 0.4) is 0 Å². The summed E-state index contributed by atoms with van der Waals surface area (Å²) >= 11 is 6.26. The van der Waals surface area contributed by atoms with Gasteiger partial charge in [-0.05, 0) is 55.0 Å². The Morgan fingerprint density at radius 1 is 1.11 bits per heavy atom. The fraction of sp³-hybridized carbons (Fsp3) is 0.143. The minimum atomic E-state index is -0.792. The summed E-state index contributed by atoms with van der Waals surface area (Å²) in [6.07, 6.45) is 0.827. The summed E-state index contributed by atoms with van der Waals surface area (Å²) < 4.78 is 18.7. The van der Waals surface area contributed by atoms with Gasteiger partial charge in [-0.1, -0.05) is 35.9 Å². The Morgan fingerprint density at radius 3 is 2.48 bits per heavy atom. The third-order valence-corrected chi connectivity index (χ3v) is 4.32. The van der Waals surface area contributed by atoms with Crippen LogP contribution in [-0.2, 0) is 11.3 Å². The van der Waals surface area contributed by atoms with Crippen LogP contribution in [0.5, 0.6) is 5.75 Å². The lowest BCUT2D eigenvalue weighted by Crippen LogP contribution is -2.40. The van der Waals surface area contributed by atoms with Gasteiger partial charge >= 0.3 is 0 Å². The van der Waals surface area contributed by atoms with E-state index in [4.69, 9.17) is 16.3 Å². The second-order valence-corrected chi connectivity index (χ2v) is 6.32. The van der Waals surface area contributed by atoms with Gasteiger partial charge < -0.3 is 4.74 Å². The summed E-state index contributed by atoms with van der Waals surface area (Å²) in [5.41, 5.74) is 0.798. The number of benzene rings is 2. The van der Waals surface area contributed by atoms with Crippen LogP contribution in [0.15, 0.2) is 72.9 Å². The Hall–Kier alpha value is -2.92. The summed E-state index contributed by atoms with van der Waals surface area (Å²) in [5, 5.41) is 0.568. The van der Waals surface area contributed by atoms with E-state index in [0.29, 0.717) is 16.6 Å². The molecule has 4 nitrogen and oxygen atoms in total. The zero-order chi connectivity index (χ0) is 19.2. The predicted molar refractivity (Wildman–Crippen MR) is 103 cm³/mol. The van der Waals surface area contributed by atoms with E-state index in [-0.39, 0.29) is 18.3 Å². The van der Waals surface area contributed by atoms with E-state index in [1.807, 2.05) is 18.2 Å². The average Bonchev–Trinajstić information content (AvgIpc) is 2.69. The van der Waals surface area contributed by atoms with E-state index in [0.717, 1.165) is 5.56 Å². The SMILES string of the molecule is C[C@@H](Oc1ccc(F)cc1)C(=O)N(Cc1ccccc1Cl)c1ccccn1. The smallest absolute Gasteiger partial charge is 0.269 e. The van der Waals surface area contributed by atoms with Gasteiger partial charge in [-0.3, -0.25) is 9.69 Å². The summed E-state index contributed by atoms with van der Waals surface area (Å²) in [7, 11) is 0. The minimum absolute atomic E-state index is 0.257. The van der Waals surface area contributed by atoms with Gasteiger partial charge in [-0.25, -0.2) is 9.37 Å². The first-order valence-corrected chi connectivity index (χ1v) is 8.80. The summed E-state index contributed by atoms with van der Waals surface area (Å²) in [6, 6.07) is 18.2. The first-order valence-electron chi connectivity index (χ1n) is 8.42. The normalized spacial score (nSPS) is 11.7. The first-order chi connectivity index (χ1) is 13.0. The topological polar surface area (TPSA) is 42.4 Å². The van der Waals surface area contributed by atoms with Gasteiger partial charge in [0.05, 0.1) is 6.54 Å². The van der Waals surface area contributed by atoms with Crippen molar-refractivity contribution in [1.29, 1.82) is 0 Å². The molecule has 0 bridgehead atoms. The second-order valence-electron chi connectivity index (χ2n) is 5.92. The molecule has 0 aliphatic rings. The molecule has 1 amide bonds. The molecule has 0 spiro atoms. The van der Waals surface area contributed by atoms with Crippen molar-refractivity contribution in [1.82, 2.24) is 4.98 Å². The van der Waals surface area contributed by atoms with E-state index in [9.17, 15) is 9.18 Å². The van der Waals surface area contributed by atoms with Gasteiger partial charge in [0.1, 0.15) is 17.4 Å². The van der Waals surface area contributed by atoms with Gasteiger partial charge in [-0.15, -0.1) is 0 Å². The van der Waals surface area contributed by atoms with Crippen molar-refractivity contribution in [2.75, 3.05) is 4.90 Å². The van der Waals surface area contributed by atoms with Crippen molar-refractivity contribution in [3.8, 4) is 5.75 Å². The molecular formula is C21H18ClFN2O2. The molecule has 138 valence electrons. The van der Waals surface area contributed by atoms with Crippen molar-refractivity contribution in [3.05, 3.63) is 89.3 Å². The highest BCUT2D eigenvalue weighted by Gasteiger charge is 2.25. The highest BCUT2D eigenvalue weighted by atomic mass is 35.5. The lowest BCUT2D eigenvalue weighted by Gasteiger charge is -2.26. The van der Waals surface area contributed by atoms with Crippen LogP contribution in [0, 0.1) is 5.82 Å². The number of aromatic nitrogens is 1. The molecule has 0 fully saturated rings. The van der Waals surface area contributed by atoms with E-state index in [1.54, 1.807) is 37.4 Å². The number of amides is 1. The molecule has 6 heteroatoms. The van der Waals surface area contributed by atoms with Crippen molar-refractivity contribution in [2.45, 2.75) is 19.6 Å². The van der Waals surface area contributed by atoms with Crippen molar-refractivity contribution < 1.29 is 13.9 Å². The Bertz CT molecular complexity index is 904. The third-order valence-electron chi connectivity index (χ3n) is 3.95. The highest BCUT2D eigenvalue weighted by Crippen LogP contribution is 2.22. The van der Waals surface area contributed by atoms with Crippen LogP contribution in [0.4, 0.5) is 10.2 Å². The molecule has 0 N–H and O–H groups in total. The van der Waals surface area contributed by atoms with Gasteiger partial charge in [0.15, 0.2) is 6.10 Å². The molecule has 1 atom stereocenters. The average molecular weight is 385 g/mol. The number of anilines is 1. The summed E-state index contributed by atoms with van der Waals surface area (Å²) in [5.74, 6) is 0.265. The number of rotatable bonds is 6. The van der Waals surface area contributed by atoms with Crippen molar-refractivity contribution in [2.24, 2.45) is 0 Å². The third kappa shape index (κ3) is 4.83. The Morgan fingerprint density at radius 2 is 1.81 bits per heavy atom. The number of pyridine rings is 1. The van der Waals surface area contributed by atoms with Crippen LogP contribution >= 0.6 is 11.6 Å². The molecule has 0 radical (unpaired) electrons. The molecule has 1 heterocycles. The number of hydrogen-bond donors (Lipinski definition) is 0. The van der Waals surface area contributed by atoms with E-state index in [2.05, 4.69) is 4.98 Å². The number of carbonyl (C=O) groups excluding carboxylic acids is 1. The fourth-order valence-electron chi connectivity index (χ4n) is 2.57. The molecule has 27 heavy (non-hydrogen) atoms. The van der Waals surface area contributed by atoms with Crippen molar-refractivity contribution in [3.63, 3.8) is 0 Å². The zero-order valence-corrected chi connectivity index (χ0v) is 15.4. The fourth-order valence-corrected chi connectivity index (χ4v) is 2.76. The lowest BCUT2D eigenvalue weighted by atomic mass is 10.2. The van der Waals surface area contributed by atoms with Gasteiger partial charge in [0.2, 0.25) is 0 Å². The number of ether oxygens (including phenoxy) is 1. The molecular weight excluding hydrogens is 367 g/mol. The number of nitrogens with zero attached hydrogens (tertiary/aromatic N) is 2. The highest BCUT2D eigenvalue weighted by molar-refractivity contribution is 6.31. The maximum atomic E-state index is 13.1. The predicted octanol–water partition coefficient (Wildman–Crippen LogP) is 4.87. The molecule has 2 aromatic carbocycles. The minimum Gasteiger partial charge on any atom is -0.481 e. The standard InChI is InChI=1S/C21H18ClFN2O2/c1-15(27-18-11-9-17(23)10-12-18)21(26)25(20-8-4-5-13-24-20)14-16-6-2-3-7-19(16)22/h2-13,15H,14H2,1H3/t15-/m1/s1. The molecule has 1 aromatic heterocycles. The number of carbonyl (C=O) groups is 1. The Balaban J connectivity index is 1.84. The summed E-state index contributed by atoms with van der Waals surface area (Å²) in [4.78, 5) is 18.9. The van der Waals surface area contributed by atoms with Crippen LogP contribution in [0.2, 0.25) is 5.02 Å². The van der Waals surface area contributed by atoms with Crippen LogP contribution < -0.4 is 9.64 Å². The molecule has 3 rings (SSSR count). The molecule has 0 unspecified atom stereocenters. The monoisotopic (exact) mass is 384 g/mol. The maximum Gasteiger partial charge on any atom is 0.269 e. The first kappa shape index (κ1) is 18.9. The molecule has 0 saturated heterocycles. The molecule has 0 aliphatic carbocycles. The Labute approximate surface area is 162 Å². The van der Waals surface area contributed by atoms with Crippen molar-refractivity contribution >= 4 is 23.3 Å². The molecule has 0 aliphatic heterocycles. The summed E-state index contributed by atoms with van der Waals surface area (Å²) in [6.45, 7) is 1.90.